The molecule has 1 atom stereocenters. The van der Waals surface area contributed by atoms with Crippen molar-refractivity contribution in [3.63, 3.8) is 0 Å². The number of nitrogens with one attached hydrogen (secondary N) is 2. The van der Waals surface area contributed by atoms with Crippen LogP contribution in [0.5, 0.6) is 0 Å². The maximum atomic E-state index is 13.5. The molecule has 1 aromatic carbocycles. The molecule has 144 valence electrons. The van der Waals surface area contributed by atoms with E-state index in [2.05, 4.69) is 15.7 Å². The van der Waals surface area contributed by atoms with Crippen LogP contribution in [0, 0.1) is 18.7 Å². The number of urea groups is 1. The third-order valence-electron chi connectivity index (χ3n) is 4.46. The van der Waals surface area contributed by atoms with E-state index < -0.39 is 6.04 Å². The van der Waals surface area contributed by atoms with Crippen molar-refractivity contribution in [1.82, 2.24) is 20.0 Å². The van der Waals surface area contributed by atoms with Gasteiger partial charge in [0.25, 0.3) is 0 Å². The topological polar surface area (TPSA) is 79.3 Å². The molecule has 3 rings (SSSR count). The molecule has 3 amide bonds. The van der Waals surface area contributed by atoms with Gasteiger partial charge in [-0.1, -0.05) is 19.9 Å². The van der Waals surface area contributed by atoms with E-state index in [-0.39, 0.29) is 23.7 Å². The van der Waals surface area contributed by atoms with Gasteiger partial charge in [-0.15, -0.1) is 5.10 Å². The normalized spacial score (nSPS) is 17.1. The highest BCUT2D eigenvalue weighted by atomic mass is 19.1. The number of piperazine rings is 1. The number of halogens is 1. The Kier molecular flexibility index (Phi) is 5.43. The SMILES string of the molecule is Cc1cc(NC(=O)N2CCNC(=O)C2CC(C)C)nn1-c1cccc(F)c1. The molecule has 0 spiro atoms. The third-order valence-corrected chi connectivity index (χ3v) is 4.46. The summed E-state index contributed by atoms with van der Waals surface area (Å²) in [6.07, 6.45) is 0.593. The van der Waals surface area contributed by atoms with Crippen LogP contribution in [0.25, 0.3) is 5.69 Å². The summed E-state index contributed by atoms with van der Waals surface area (Å²) in [5.41, 5.74) is 1.33. The Morgan fingerprint density at radius 1 is 1.41 bits per heavy atom. The zero-order valence-corrected chi connectivity index (χ0v) is 15.7. The summed E-state index contributed by atoms with van der Waals surface area (Å²) in [6.45, 7) is 6.73. The highest BCUT2D eigenvalue weighted by Gasteiger charge is 2.33. The van der Waals surface area contributed by atoms with Crippen LogP contribution in [-0.2, 0) is 4.79 Å². The second kappa shape index (κ2) is 7.77. The lowest BCUT2D eigenvalue weighted by atomic mass is 10.0. The molecule has 0 saturated carbocycles. The lowest BCUT2D eigenvalue weighted by Gasteiger charge is -2.35. The number of hydrogen-bond donors (Lipinski definition) is 2. The van der Waals surface area contributed by atoms with Crippen molar-refractivity contribution >= 4 is 17.8 Å². The van der Waals surface area contributed by atoms with Crippen LogP contribution < -0.4 is 10.6 Å². The molecule has 2 aromatic rings. The first-order valence-electron chi connectivity index (χ1n) is 9.03. The number of hydrogen-bond acceptors (Lipinski definition) is 3. The Morgan fingerprint density at radius 2 is 2.19 bits per heavy atom. The van der Waals surface area contributed by atoms with Gasteiger partial charge in [-0.3, -0.25) is 10.1 Å². The average molecular weight is 373 g/mol. The maximum absolute atomic E-state index is 13.5. The molecular formula is C19H24FN5O2. The molecule has 0 aliphatic carbocycles. The standard InChI is InChI=1S/C19H24FN5O2/c1-12(2)9-16-18(26)21-7-8-24(16)19(27)22-17-10-13(3)25(23-17)15-6-4-5-14(20)11-15/h4-6,10-12,16H,7-9H2,1-3H3,(H,21,26)(H,22,23,27). The zero-order chi connectivity index (χ0) is 19.6. The van der Waals surface area contributed by atoms with E-state index in [9.17, 15) is 14.0 Å². The van der Waals surface area contributed by atoms with Crippen LogP contribution in [-0.4, -0.2) is 45.8 Å². The molecule has 1 aliphatic heterocycles. The molecule has 0 radical (unpaired) electrons. The molecule has 7 nitrogen and oxygen atoms in total. The quantitative estimate of drug-likeness (QED) is 0.865. The van der Waals surface area contributed by atoms with Crippen molar-refractivity contribution in [2.75, 3.05) is 18.4 Å². The molecular weight excluding hydrogens is 349 g/mol. The van der Waals surface area contributed by atoms with E-state index in [1.807, 2.05) is 20.8 Å². The minimum absolute atomic E-state index is 0.133. The zero-order valence-electron chi connectivity index (χ0n) is 15.7. The van der Waals surface area contributed by atoms with E-state index >= 15 is 0 Å². The smallest absolute Gasteiger partial charge is 0.323 e. The van der Waals surface area contributed by atoms with Gasteiger partial charge in [-0.05, 0) is 37.5 Å². The highest BCUT2D eigenvalue weighted by Crippen LogP contribution is 2.19. The summed E-state index contributed by atoms with van der Waals surface area (Å²) in [6, 6.07) is 6.93. The van der Waals surface area contributed by atoms with Crippen molar-refractivity contribution in [2.45, 2.75) is 33.2 Å². The van der Waals surface area contributed by atoms with Crippen LogP contribution in [0.2, 0.25) is 0 Å². The number of aromatic nitrogens is 2. The summed E-state index contributed by atoms with van der Waals surface area (Å²) in [5, 5.41) is 9.92. The van der Waals surface area contributed by atoms with Gasteiger partial charge in [-0.25, -0.2) is 13.9 Å². The number of anilines is 1. The first-order valence-corrected chi connectivity index (χ1v) is 9.03. The van der Waals surface area contributed by atoms with Gasteiger partial charge in [0.2, 0.25) is 5.91 Å². The van der Waals surface area contributed by atoms with Gasteiger partial charge in [0, 0.05) is 24.8 Å². The van der Waals surface area contributed by atoms with Crippen molar-refractivity contribution in [2.24, 2.45) is 5.92 Å². The van der Waals surface area contributed by atoms with E-state index in [0.29, 0.717) is 31.0 Å². The predicted molar refractivity (Wildman–Crippen MR) is 100 cm³/mol. The van der Waals surface area contributed by atoms with Gasteiger partial charge < -0.3 is 10.2 Å². The second-order valence-corrected chi connectivity index (χ2v) is 7.12. The van der Waals surface area contributed by atoms with Gasteiger partial charge in [0.05, 0.1) is 5.69 Å². The van der Waals surface area contributed by atoms with Crippen molar-refractivity contribution in [3.8, 4) is 5.69 Å². The molecule has 1 saturated heterocycles. The minimum atomic E-state index is -0.495. The Bertz CT molecular complexity index is 848. The number of nitrogens with zero attached hydrogens (tertiary/aromatic N) is 3. The fraction of sp³-hybridized carbons (Fsp3) is 0.421. The van der Waals surface area contributed by atoms with Crippen LogP contribution in [0.1, 0.15) is 26.0 Å². The monoisotopic (exact) mass is 373 g/mol. The number of benzene rings is 1. The Morgan fingerprint density at radius 3 is 2.89 bits per heavy atom. The Hall–Kier alpha value is -2.90. The molecule has 1 unspecified atom stereocenters. The fourth-order valence-electron chi connectivity index (χ4n) is 3.22. The largest absolute Gasteiger partial charge is 0.353 e. The molecule has 0 bridgehead atoms. The molecule has 1 aliphatic rings. The fourth-order valence-corrected chi connectivity index (χ4v) is 3.22. The van der Waals surface area contributed by atoms with Crippen LogP contribution in [0.3, 0.4) is 0 Å². The number of carbonyl (C=O) groups is 2. The summed E-state index contributed by atoms with van der Waals surface area (Å²) < 4.78 is 15.0. The molecule has 8 heteroatoms. The summed E-state index contributed by atoms with van der Waals surface area (Å²) in [4.78, 5) is 26.5. The molecule has 27 heavy (non-hydrogen) atoms. The summed E-state index contributed by atoms with van der Waals surface area (Å²) >= 11 is 0. The number of rotatable bonds is 4. The lowest BCUT2D eigenvalue weighted by molar-refractivity contribution is -0.128. The van der Waals surface area contributed by atoms with E-state index in [4.69, 9.17) is 0 Å². The van der Waals surface area contributed by atoms with E-state index in [1.54, 1.807) is 27.8 Å². The van der Waals surface area contributed by atoms with Crippen LogP contribution in [0.4, 0.5) is 15.0 Å². The van der Waals surface area contributed by atoms with Crippen molar-refractivity contribution < 1.29 is 14.0 Å². The Labute approximate surface area is 157 Å². The summed E-state index contributed by atoms with van der Waals surface area (Å²) in [7, 11) is 0. The number of amides is 3. The van der Waals surface area contributed by atoms with Crippen LogP contribution >= 0.6 is 0 Å². The van der Waals surface area contributed by atoms with Gasteiger partial charge >= 0.3 is 6.03 Å². The highest BCUT2D eigenvalue weighted by molar-refractivity contribution is 5.94. The average Bonchev–Trinajstić information content (AvgIpc) is 2.96. The molecule has 1 fully saturated rings. The first-order chi connectivity index (χ1) is 12.8. The van der Waals surface area contributed by atoms with Gasteiger partial charge in [0.1, 0.15) is 11.9 Å². The Balaban J connectivity index is 1.77. The van der Waals surface area contributed by atoms with Gasteiger partial charge in [0.15, 0.2) is 5.82 Å². The first kappa shape index (κ1) is 18.9. The number of aryl methyl sites for hydroxylation is 1. The molecule has 2 N–H and O–H groups in total. The van der Waals surface area contributed by atoms with Gasteiger partial charge in [-0.2, -0.15) is 0 Å². The van der Waals surface area contributed by atoms with Crippen LogP contribution in [0.15, 0.2) is 30.3 Å². The van der Waals surface area contributed by atoms with Crippen molar-refractivity contribution in [3.05, 3.63) is 41.8 Å². The lowest BCUT2D eigenvalue weighted by Crippen LogP contribution is -2.58. The number of carbonyl (C=O) groups excluding carboxylic acids is 2. The maximum Gasteiger partial charge on any atom is 0.323 e. The minimum Gasteiger partial charge on any atom is -0.353 e. The van der Waals surface area contributed by atoms with E-state index in [1.165, 1.54) is 12.1 Å². The van der Waals surface area contributed by atoms with E-state index in [0.717, 1.165) is 5.69 Å². The third kappa shape index (κ3) is 4.27. The second-order valence-electron chi connectivity index (χ2n) is 7.12. The van der Waals surface area contributed by atoms with Crippen molar-refractivity contribution in [1.29, 1.82) is 0 Å². The summed E-state index contributed by atoms with van der Waals surface area (Å²) in [5.74, 6) is 0.148. The predicted octanol–water partition coefficient (Wildman–Crippen LogP) is 2.70. The molecule has 2 heterocycles. The molecule has 1 aromatic heterocycles.